The fourth-order valence-electron chi connectivity index (χ4n) is 2.25. The minimum absolute atomic E-state index is 0.168. The number of hydrogen-bond acceptors (Lipinski definition) is 2. The molecule has 1 aromatic carbocycles. The summed E-state index contributed by atoms with van der Waals surface area (Å²) in [5.41, 5.74) is 1.18. The Labute approximate surface area is 129 Å². The number of benzene rings is 1. The van der Waals surface area contributed by atoms with E-state index in [-0.39, 0.29) is 11.5 Å². The van der Waals surface area contributed by atoms with Gasteiger partial charge in [0.25, 0.3) is 0 Å². The Kier molecular flexibility index (Phi) is 7.88. The molecule has 3 heteroatoms. The topological polar surface area (TPSA) is 38.3 Å². The highest BCUT2D eigenvalue weighted by Crippen LogP contribution is 2.27. The number of ether oxygens (including phenoxy) is 1. The molecule has 0 radical (unpaired) electrons. The van der Waals surface area contributed by atoms with E-state index in [4.69, 9.17) is 4.74 Å². The van der Waals surface area contributed by atoms with Crippen LogP contribution < -0.4 is 5.32 Å². The zero-order chi connectivity index (χ0) is 15.6. The van der Waals surface area contributed by atoms with Crippen LogP contribution in [0.5, 0.6) is 0 Å². The van der Waals surface area contributed by atoms with Crippen LogP contribution in [-0.2, 0) is 11.3 Å². The Morgan fingerprint density at radius 2 is 1.90 bits per heavy atom. The highest BCUT2D eigenvalue weighted by atomic mass is 16.5. The average Bonchev–Trinajstić information content (AvgIpc) is 2.52. The van der Waals surface area contributed by atoms with Crippen molar-refractivity contribution in [3.8, 4) is 0 Å². The molecule has 0 saturated carbocycles. The molecule has 0 spiro atoms. The third kappa shape index (κ3) is 7.16. The second-order valence-corrected chi connectivity index (χ2v) is 6.04. The molecular formula is C18H29NO2. The first kappa shape index (κ1) is 17.5. The van der Waals surface area contributed by atoms with E-state index in [2.05, 4.69) is 26.1 Å². The minimum atomic E-state index is -0.325. The van der Waals surface area contributed by atoms with Gasteiger partial charge in [0, 0.05) is 6.54 Å². The van der Waals surface area contributed by atoms with Crippen LogP contribution in [0.2, 0.25) is 0 Å². The van der Waals surface area contributed by atoms with E-state index in [9.17, 15) is 4.79 Å². The minimum Gasteiger partial charge on any atom is -0.445 e. The molecule has 0 saturated heterocycles. The number of rotatable bonds is 9. The van der Waals surface area contributed by atoms with Gasteiger partial charge in [-0.2, -0.15) is 0 Å². The zero-order valence-corrected chi connectivity index (χ0v) is 13.7. The van der Waals surface area contributed by atoms with Gasteiger partial charge in [0.1, 0.15) is 6.61 Å². The lowest BCUT2D eigenvalue weighted by Crippen LogP contribution is -2.35. The standard InChI is InChI=1S/C18H29NO2/c1-4-6-10-13-18(3,5-2)15-19-17(20)21-14-16-11-8-7-9-12-16/h7-9,11-12H,4-6,10,13-15H2,1-3H3,(H,19,20). The van der Waals surface area contributed by atoms with Crippen molar-refractivity contribution in [2.24, 2.45) is 5.41 Å². The molecule has 0 aliphatic carbocycles. The maximum absolute atomic E-state index is 11.8. The molecule has 1 atom stereocenters. The maximum Gasteiger partial charge on any atom is 0.407 e. The van der Waals surface area contributed by atoms with Gasteiger partial charge in [-0.1, -0.05) is 70.4 Å². The van der Waals surface area contributed by atoms with Crippen molar-refractivity contribution >= 4 is 6.09 Å². The van der Waals surface area contributed by atoms with Crippen LogP contribution in [-0.4, -0.2) is 12.6 Å². The van der Waals surface area contributed by atoms with E-state index in [1.54, 1.807) is 0 Å². The summed E-state index contributed by atoms with van der Waals surface area (Å²) >= 11 is 0. The SMILES string of the molecule is CCCCCC(C)(CC)CNC(=O)OCc1ccccc1. The van der Waals surface area contributed by atoms with Gasteiger partial charge in [-0.3, -0.25) is 0 Å². The molecule has 0 aromatic heterocycles. The highest BCUT2D eigenvalue weighted by Gasteiger charge is 2.22. The van der Waals surface area contributed by atoms with Crippen molar-refractivity contribution < 1.29 is 9.53 Å². The van der Waals surface area contributed by atoms with Gasteiger partial charge in [-0.05, 0) is 23.8 Å². The third-order valence-electron chi connectivity index (χ3n) is 4.11. The average molecular weight is 291 g/mol. The maximum atomic E-state index is 11.8. The van der Waals surface area contributed by atoms with Crippen LogP contribution in [0.15, 0.2) is 30.3 Å². The molecule has 118 valence electrons. The molecule has 0 heterocycles. The molecule has 3 nitrogen and oxygen atoms in total. The summed E-state index contributed by atoms with van der Waals surface area (Å²) in [5.74, 6) is 0. The monoisotopic (exact) mass is 291 g/mol. The summed E-state index contributed by atoms with van der Waals surface area (Å²) in [5, 5.41) is 2.91. The quantitative estimate of drug-likeness (QED) is 0.656. The Morgan fingerprint density at radius 1 is 1.19 bits per heavy atom. The van der Waals surface area contributed by atoms with E-state index in [0.29, 0.717) is 13.2 Å². The first-order chi connectivity index (χ1) is 10.1. The normalized spacial score (nSPS) is 13.5. The molecule has 1 aromatic rings. The number of unbranched alkanes of at least 4 members (excludes halogenated alkanes) is 2. The molecule has 0 aliphatic rings. The fourth-order valence-corrected chi connectivity index (χ4v) is 2.25. The molecule has 0 fully saturated rings. The van der Waals surface area contributed by atoms with E-state index in [1.807, 2.05) is 30.3 Å². The smallest absolute Gasteiger partial charge is 0.407 e. The van der Waals surface area contributed by atoms with E-state index in [0.717, 1.165) is 18.4 Å². The van der Waals surface area contributed by atoms with Crippen LogP contribution >= 0.6 is 0 Å². The molecule has 1 N–H and O–H groups in total. The fraction of sp³-hybridized carbons (Fsp3) is 0.611. The number of hydrogen-bond donors (Lipinski definition) is 1. The number of carbonyl (C=O) groups is 1. The van der Waals surface area contributed by atoms with Crippen molar-refractivity contribution in [1.82, 2.24) is 5.32 Å². The van der Waals surface area contributed by atoms with Gasteiger partial charge in [0.2, 0.25) is 0 Å². The van der Waals surface area contributed by atoms with Crippen molar-refractivity contribution in [3.63, 3.8) is 0 Å². The van der Waals surface area contributed by atoms with Crippen LogP contribution in [0.1, 0.15) is 58.4 Å². The number of alkyl carbamates (subject to hydrolysis) is 1. The lowest BCUT2D eigenvalue weighted by Gasteiger charge is -2.28. The van der Waals surface area contributed by atoms with E-state index < -0.39 is 0 Å². The van der Waals surface area contributed by atoms with Gasteiger partial charge in [-0.15, -0.1) is 0 Å². The van der Waals surface area contributed by atoms with Gasteiger partial charge >= 0.3 is 6.09 Å². The summed E-state index contributed by atoms with van der Waals surface area (Å²) in [6, 6.07) is 9.74. The molecular weight excluding hydrogens is 262 g/mol. The number of nitrogens with one attached hydrogen (secondary N) is 1. The highest BCUT2D eigenvalue weighted by molar-refractivity contribution is 5.67. The van der Waals surface area contributed by atoms with Crippen LogP contribution in [0.3, 0.4) is 0 Å². The van der Waals surface area contributed by atoms with Gasteiger partial charge < -0.3 is 10.1 Å². The molecule has 1 unspecified atom stereocenters. The molecule has 1 rings (SSSR count). The van der Waals surface area contributed by atoms with E-state index >= 15 is 0 Å². The van der Waals surface area contributed by atoms with Crippen molar-refractivity contribution in [3.05, 3.63) is 35.9 Å². The summed E-state index contributed by atoms with van der Waals surface area (Å²) in [6.45, 7) is 7.64. The lowest BCUT2D eigenvalue weighted by atomic mass is 9.82. The predicted octanol–water partition coefficient (Wildman–Crippen LogP) is 4.91. The molecule has 0 bridgehead atoms. The number of amides is 1. The van der Waals surface area contributed by atoms with Gasteiger partial charge in [0.15, 0.2) is 0 Å². The van der Waals surface area contributed by atoms with E-state index in [1.165, 1.54) is 19.3 Å². The predicted molar refractivity (Wildman–Crippen MR) is 87.2 cm³/mol. The van der Waals surface area contributed by atoms with Gasteiger partial charge in [0.05, 0.1) is 0 Å². The largest absolute Gasteiger partial charge is 0.445 e. The zero-order valence-electron chi connectivity index (χ0n) is 13.7. The van der Waals surface area contributed by atoms with Gasteiger partial charge in [-0.25, -0.2) is 4.79 Å². The van der Waals surface area contributed by atoms with Crippen LogP contribution in [0, 0.1) is 5.41 Å². The Bertz CT molecular complexity index is 405. The van der Waals surface area contributed by atoms with Crippen LogP contribution in [0.25, 0.3) is 0 Å². The first-order valence-electron chi connectivity index (χ1n) is 8.04. The van der Waals surface area contributed by atoms with Crippen molar-refractivity contribution in [2.75, 3.05) is 6.54 Å². The second-order valence-electron chi connectivity index (χ2n) is 6.04. The summed E-state index contributed by atoms with van der Waals surface area (Å²) in [6.07, 6.45) is 5.60. The summed E-state index contributed by atoms with van der Waals surface area (Å²) < 4.78 is 5.24. The summed E-state index contributed by atoms with van der Waals surface area (Å²) in [4.78, 5) is 11.8. The van der Waals surface area contributed by atoms with Crippen molar-refractivity contribution in [2.45, 2.75) is 59.5 Å². The molecule has 1 amide bonds. The first-order valence-corrected chi connectivity index (χ1v) is 8.04. The Hall–Kier alpha value is -1.51. The van der Waals surface area contributed by atoms with Crippen molar-refractivity contribution in [1.29, 1.82) is 0 Å². The Morgan fingerprint density at radius 3 is 2.52 bits per heavy atom. The lowest BCUT2D eigenvalue weighted by molar-refractivity contribution is 0.132. The van der Waals surface area contributed by atoms with Crippen LogP contribution in [0.4, 0.5) is 4.79 Å². The third-order valence-corrected chi connectivity index (χ3v) is 4.11. The Balaban J connectivity index is 2.29. The second kappa shape index (κ2) is 9.43. The molecule has 0 aliphatic heterocycles. The molecule has 21 heavy (non-hydrogen) atoms. The number of carbonyl (C=O) groups excluding carboxylic acids is 1. The summed E-state index contributed by atoms with van der Waals surface area (Å²) in [7, 11) is 0.